The lowest BCUT2D eigenvalue weighted by Gasteiger charge is -2.07. The van der Waals surface area contributed by atoms with Crippen LogP contribution >= 0.6 is 0 Å². The van der Waals surface area contributed by atoms with Crippen LogP contribution in [0.4, 0.5) is 0 Å². The molecule has 0 fully saturated rings. The van der Waals surface area contributed by atoms with Crippen molar-refractivity contribution in [1.29, 1.82) is 0 Å². The van der Waals surface area contributed by atoms with Crippen LogP contribution in [0.2, 0.25) is 0 Å². The second-order valence-electron chi connectivity index (χ2n) is 3.44. The molecule has 0 aliphatic heterocycles. The number of benzene rings is 1. The predicted octanol–water partition coefficient (Wildman–Crippen LogP) is -0.0640. The summed E-state index contributed by atoms with van der Waals surface area (Å²) >= 11 is 0. The quantitative estimate of drug-likeness (QED) is 0.621. The van der Waals surface area contributed by atoms with E-state index in [1.165, 1.54) is 24.3 Å². The Bertz CT molecular complexity index is 499. The molecule has 7 heteroatoms. The molecule has 0 heterocycles. The van der Waals surface area contributed by atoms with Gasteiger partial charge in [0.05, 0.1) is 0 Å². The molecule has 0 unspecified atom stereocenters. The van der Waals surface area contributed by atoms with Crippen LogP contribution in [0.5, 0.6) is 5.75 Å². The summed E-state index contributed by atoms with van der Waals surface area (Å²) in [4.78, 5) is 10.3. The van der Waals surface area contributed by atoms with E-state index < -0.39 is 15.9 Å². The number of phenolic OH excluding ortho intramolecular Hbond substituents is 1. The summed E-state index contributed by atoms with van der Waals surface area (Å²) in [7, 11) is -3.74. The molecule has 0 saturated carbocycles. The van der Waals surface area contributed by atoms with E-state index in [0.717, 1.165) is 0 Å². The van der Waals surface area contributed by atoms with Crippen LogP contribution in [0.25, 0.3) is 0 Å². The number of rotatable bonds is 6. The monoisotopic (exact) mass is 258 g/mol. The molecular weight excluding hydrogens is 244 g/mol. The number of primary amides is 1. The Morgan fingerprint density at radius 2 is 2.00 bits per heavy atom. The van der Waals surface area contributed by atoms with Crippen LogP contribution in [-0.2, 0) is 14.8 Å². The number of phenols is 1. The third kappa shape index (κ3) is 4.04. The zero-order valence-corrected chi connectivity index (χ0v) is 9.90. The molecule has 0 radical (unpaired) electrons. The van der Waals surface area contributed by atoms with Crippen molar-refractivity contribution in [1.82, 2.24) is 4.72 Å². The Kier molecular flexibility index (Phi) is 4.47. The van der Waals surface area contributed by atoms with Gasteiger partial charge in [0.2, 0.25) is 15.9 Å². The fraction of sp³-hybridized carbons (Fsp3) is 0.300. The van der Waals surface area contributed by atoms with Gasteiger partial charge in [0.15, 0.2) is 0 Å². The van der Waals surface area contributed by atoms with E-state index in [-0.39, 0.29) is 23.6 Å². The van der Waals surface area contributed by atoms with Crippen molar-refractivity contribution in [2.24, 2.45) is 5.73 Å². The maximum Gasteiger partial charge on any atom is 0.244 e. The van der Waals surface area contributed by atoms with Crippen molar-refractivity contribution in [2.75, 3.05) is 6.54 Å². The third-order valence-electron chi connectivity index (χ3n) is 2.05. The molecule has 1 aromatic rings. The summed E-state index contributed by atoms with van der Waals surface area (Å²) in [5.74, 6) is -0.790. The molecular formula is C10H14N2O4S. The van der Waals surface area contributed by atoms with Crippen molar-refractivity contribution in [3.63, 3.8) is 0 Å². The Labute approximate surface area is 99.5 Å². The highest BCUT2D eigenvalue weighted by atomic mass is 32.2. The summed E-state index contributed by atoms with van der Waals surface area (Å²) < 4.78 is 25.7. The molecule has 0 aliphatic rings. The van der Waals surface area contributed by atoms with E-state index in [1.807, 2.05) is 0 Å². The number of carbonyl (C=O) groups is 1. The average molecular weight is 258 g/mol. The van der Waals surface area contributed by atoms with Gasteiger partial charge >= 0.3 is 0 Å². The van der Waals surface area contributed by atoms with Crippen LogP contribution in [-0.4, -0.2) is 26.0 Å². The van der Waals surface area contributed by atoms with E-state index >= 15 is 0 Å². The molecule has 0 aliphatic carbocycles. The number of amides is 1. The molecule has 17 heavy (non-hydrogen) atoms. The molecule has 0 spiro atoms. The van der Waals surface area contributed by atoms with Gasteiger partial charge in [-0.3, -0.25) is 4.79 Å². The number of carbonyl (C=O) groups excluding carboxylic acids is 1. The zero-order chi connectivity index (χ0) is 12.9. The van der Waals surface area contributed by atoms with Gasteiger partial charge in [-0.1, -0.05) is 12.1 Å². The number of hydrogen-bond acceptors (Lipinski definition) is 4. The van der Waals surface area contributed by atoms with Crippen LogP contribution in [0.3, 0.4) is 0 Å². The minimum Gasteiger partial charge on any atom is -0.507 e. The first kappa shape index (κ1) is 13.5. The van der Waals surface area contributed by atoms with Gasteiger partial charge in [-0.15, -0.1) is 0 Å². The topological polar surface area (TPSA) is 109 Å². The van der Waals surface area contributed by atoms with E-state index in [1.54, 1.807) is 0 Å². The molecule has 0 aromatic heterocycles. The van der Waals surface area contributed by atoms with E-state index in [2.05, 4.69) is 4.72 Å². The molecule has 4 N–H and O–H groups in total. The molecule has 94 valence electrons. The van der Waals surface area contributed by atoms with Crippen molar-refractivity contribution in [2.45, 2.75) is 17.7 Å². The Hall–Kier alpha value is -1.60. The van der Waals surface area contributed by atoms with Crippen molar-refractivity contribution >= 4 is 15.9 Å². The lowest BCUT2D eigenvalue weighted by molar-refractivity contribution is -0.118. The van der Waals surface area contributed by atoms with Crippen molar-refractivity contribution in [3.8, 4) is 5.75 Å². The average Bonchev–Trinajstić information content (AvgIpc) is 2.24. The van der Waals surface area contributed by atoms with Gasteiger partial charge in [0, 0.05) is 13.0 Å². The Morgan fingerprint density at radius 1 is 1.35 bits per heavy atom. The maximum absolute atomic E-state index is 11.7. The Balaban J connectivity index is 2.64. The lowest BCUT2D eigenvalue weighted by atomic mass is 10.3. The minimum absolute atomic E-state index is 0.0968. The van der Waals surface area contributed by atoms with E-state index in [4.69, 9.17) is 5.73 Å². The number of sulfonamides is 1. The van der Waals surface area contributed by atoms with E-state index in [9.17, 15) is 18.3 Å². The second-order valence-corrected chi connectivity index (χ2v) is 5.17. The van der Waals surface area contributed by atoms with Crippen LogP contribution in [0.1, 0.15) is 12.8 Å². The summed E-state index contributed by atoms with van der Waals surface area (Å²) in [6, 6.07) is 5.63. The van der Waals surface area contributed by atoms with Gasteiger partial charge in [-0.2, -0.15) is 0 Å². The molecule has 0 atom stereocenters. The standard InChI is InChI=1S/C10H14N2O4S/c11-10(14)6-3-7-12-17(15,16)9-5-2-1-4-8(9)13/h1-2,4-5,12-13H,3,6-7H2,(H2,11,14). The van der Waals surface area contributed by atoms with Gasteiger partial charge < -0.3 is 10.8 Å². The number of nitrogens with one attached hydrogen (secondary N) is 1. The highest BCUT2D eigenvalue weighted by molar-refractivity contribution is 7.89. The first-order chi connectivity index (χ1) is 7.93. The van der Waals surface area contributed by atoms with Crippen molar-refractivity contribution in [3.05, 3.63) is 24.3 Å². The van der Waals surface area contributed by atoms with Crippen LogP contribution in [0.15, 0.2) is 29.2 Å². The number of aromatic hydroxyl groups is 1. The molecule has 1 aromatic carbocycles. The summed E-state index contributed by atoms with van der Waals surface area (Å²) in [6.45, 7) is 0.0968. The highest BCUT2D eigenvalue weighted by Crippen LogP contribution is 2.20. The fourth-order valence-corrected chi connectivity index (χ4v) is 2.40. The summed E-state index contributed by atoms with van der Waals surface area (Å²) in [6.07, 6.45) is 0.436. The largest absolute Gasteiger partial charge is 0.507 e. The predicted molar refractivity (Wildman–Crippen MR) is 61.7 cm³/mol. The zero-order valence-electron chi connectivity index (χ0n) is 9.09. The lowest BCUT2D eigenvalue weighted by Crippen LogP contribution is -2.25. The van der Waals surface area contributed by atoms with E-state index in [0.29, 0.717) is 6.42 Å². The first-order valence-electron chi connectivity index (χ1n) is 4.99. The fourth-order valence-electron chi connectivity index (χ4n) is 1.23. The number of nitrogens with two attached hydrogens (primary N) is 1. The molecule has 0 saturated heterocycles. The SMILES string of the molecule is NC(=O)CCCNS(=O)(=O)c1ccccc1O. The van der Waals surface area contributed by atoms with Crippen molar-refractivity contribution < 1.29 is 18.3 Å². The summed E-state index contributed by atoms with van der Waals surface area (Å²) in [5, 5.41) is 9.40. The van der Waals surface area contributed by atoms with Gasteiger partial charge in [-0.05, 0) is 18.6 Å². The third-order valence-corrected chi connectivity index (χ3v) is 3.56. The molecule has 0 bridgehead atoms. The first-order valence-corrected chi connectivity index (χ1v) is 6.48. The minimum atomic E-state index is -3.74. The van der Waals surface area contributed by atoms with Gasteiger partial charge in [0.1, 0.15) is 10.6 Å². The van der Waals surface area contributed by atoms with Crippen LogP contribution < -0.4 is 10.5 Å². The second kappa shape index (κ2) is 5.65. The number of hydrogen-bond donors (Lipinski definition) is 3. The molecule has 1 rings (SSSR count). The number of para-hydroxylation sites is 1. The molecule has 1 amide bonds. The normalized spacial score (nSPS) is 11.3. The smallest absolute Gasteiger partial charge is 0.244 e. The highest BCUT2D eigenvalue weighted by Gasteiger charge is 2.16. The molecule has 6 nitrogen and oxygen atoms in total. The summed E-state index contributed by atoms with van der Waals surface area (Å²) in [5.41, 5.74) is 4.92. The Morgan fingerprint density at radius 3 is 2.59 bits per heavy atom. The van der Waals surface area contributed by atoms with Gasteiger partial charge in [-0.25, -0.2) is 13.1 Å². The van der Waals surface area contributed by atoms with Gasteiger partial charge in [0.25, 0.3) is 0 Å². The van der Waals surface area contributed by atoms with Crippen LogP contribution in [0, 0.1) is 0 Å². The maximum atomic E-state index is 11.7.